The smallest absolute Gasteiger partial charge is 0.0775 e. The molecule has 3 rings (SSSR count). The Labute approximate surface area is 176 Å². The third-order valence-corrected chi connectivity index (χ3v) is 8.13. The normalized spacial score (nSPS) is 10.7. The van der Waals surface area contributed by atoms with E-state index >= 15 is 0 Å². The second-order valence-electron chi connectivity index (χ2n) is 6.81. The molecule has 0 spiro atoms. The highest BCUT2D eigenvalue weighted by Gasteiger charge is 2.09. The van der Waals surface area contributed by atoms with E-state index in [1.54, 1.807) is 0 Å². The van der Waals surface area contributed by atoms with Gasteiger partial charge in [-0.2, -0.15) is 0 Å². The highest BCUT2D eigenvalue weighted by atomic mass is 32.1. The average molecular weight is 413 g/mol. The Balaban J connectivity index is 1.62. The van der Waals surface area contributed by atoms with Crippen molar-refractivity contribution in [2.24, 2.45) is 0 Å². The lowest BCUT2D eigenvalue weighted by Crippen LogP contribution is -1.80. The van der Waals surface area contributed by atoms with Gasteiger partial charge in [0, 0.05) is 30.8 Å². The van der Waals surface area contributed by atoms with Gasteiger partial charge in [0.2, 0.25) is 0 Å². The van der Waals surface area contributed by atoms with Crippen LogP contribution >= 0.6 is 34.0 Å². The molecule has 142 valence electrons. The number of hydrogen-bond acceptors (Lipinski definition) is 3. The molecule has 27 heavy (non-hydrogen) atoms. The third kappa shape index (κ3) is 6.07. The lowest BCUT2D eigenvalue weighted by atomic mass is 10.1. The van der Waals surface area contributed by atoms with Gasteiger partial charge in [0.25, 0.3) is 0 Å². The summed E-state index contributed by atoms with van der Waals surface area (Å²) in [6.07, 6.45) is 9.99. The standard InChI is InChI=1S/C24H28S3/c1-3-5-7-9-11-19-13-15-21(25-19)23-17-18-24(27-23)22-16-14-20(26-22)12-10-8-6-4-2/h13-18H,3-9,11H2,1-2H3. The number of rotatable bonds is 9. The Morgan fingerprint density at radius 3 is 2.11 bits per heavy atom. The van der Waals surface area contributed by atoms with E-state index in [0.717, 1.165) is 6.42 Å². The molecule has 0 atom stereocenters. The molecule has 0 nitrogen and oxygen atoms in total. The van der Waals surface area contributed by atoms with Crippen LogP contribution in [0.3, 0.4) is 0 Å². The summed E-state index contributed by atoms with van der Waals surface area (Å²) in [6, 6.07) is 13.5. The fourth-order valence-corrected chi connectivity index (χ4v) is 6.04. The Bertz CT molecular complexity index is 882. The molecule has 0 amide bonds. The van der Waals surface area contributed by atoms with Gasteiger partial charge in [0.1, 0.15) is 0 Å². The molecular weight excluding hydrogens is 384 g/mol. The summed E-state index contributed by atoms with van der Waals surface area (Å²) in [5.74, 6) is 6.61. The number of thiophene rings is 3. The molecule has 0 N–H and O–H groups in total. The highest BCUT2D eigenvalue weighted by Crippen LogP contribution is 2.40. The maximum absolute atomic E-state index is 3.32. The van der Waals surface area contributed by atoms with Gasteiger partial charge in [-0.3, -0.25) is 0 Å². The van der Waals surface area contributed by atoms with Crippen molar-refractivity contribution < 1.29 is 0 Å². The van der Waals surface area contributed by atoms with Crippen LogP contribution in [0.15, 0.2) is 36.4 Å². The summed E-state index contributed by atoms with van der Waals surface area (Å²) in [5.41, 5.74) is 0. The Morgan fingerprint density at radius 1 is 0.667 bits per heavy atom. The van der Waals surface area contributed by atoms with E-state index in [1.165, 1.54) is 74.2 Å². The molecular formula is C24H28S3. The molecule has 0 unspecified atom stereocenters. The Kier molecular flexibility index (Phi) is 8.20. The van der Waals surface area contributed by atoms with Crippen molar-refractivity contribution in [3.63, 3.8) is 0 Å². The van der Waals surface area contributed by atoms with Gasteiger partial charge in [-0.05, 0) is 55.7 Å². The molecule has 0 aliphatic carbocycles. The summed E-state index contributed by atoms with van der Waals surface area (Å²) in [7, 11) is 0. The predicted molar refractivity (Wildman–Crippen MR) is 125 cm³/mol. The van der Waals surface area contributed by atoms with Crippen LogP contribution in [0.5, 0.6) is 0 Å². The van der Waals surface area contributed by atoms with Gasteiger partial charge in [-0.25, -0.2) is 0 Å². The van der Waals surface area contributed by atoms with Crippen LogP contribution in [0.4, 0.5) is 0 Å². The van der Waals surface area contributed by atoms with E-state index in [0.29, 0.717) is 0 Å². The number of aryl methyl sites for hydroxylation is 1. The first kappa shape index (κ1) is 20.4. The summed E-state index contributed by atoms with van der Waals surface area (Å²) in [6.45, 7) is 4.48. The number of hydrogen-bond donors (Lipinski definition) is 0. The van der Waals surface area contributed by atoms with E-state index in [4.69, 9.17) is 0 Å². The summed E-state index contributed by atoms with van der Waals surface area (Å²) < 4.78 is 0. The van der Waals surface area contributed by atoms with Crippen LogP contribution in [0.25, 0.3) is 19.5 Å². The largest absolute Gasteiger partial charge is 0.139 e. The zero-order valence-electron chi connectivity index (χ0n) is 16.3. The molecule has 3 aromatic heterocycles. The zero-order valence-corrected chi connectivity index (χ0v) is 18.8. The Hall–Kier alpha value is -1.34. The van der Waals surface area contributed by atoms with Crippen LogP contribution in [-0.2, 0) is 6.42 Å². The minimum absolute atomic E-state index is 1.01. The van der Waals surface area contributed by atoms with Crippen LogP contribution in [0.2, 0.25) is 0 Å². The fourth-order valence-electron chi connectivity index (χ4n) is 2.93. The maximum atomic E-state index is 3.32. The van der Waals surface area contributed by atoms with Crippen molar-refractivity contribution in [3.05, 3.63) is 46.2 Å². The second kappa shape index (κ2) is 10.9. The van der Waals surface area contributed by atoms with Crippen LogP contribution in [0.1, 0.15) is 68.5 Å². The lowest BCUT2D eigenvalue weighted by Gasteiger charge is -1.96. The molecule has 3 heterocycles. The van der Waals surface area contributed by atoms with Gasteiger partial charge in [0.15, 0.2) is 0 Å². The van der Waals surface area contributed by atoms with E-state index < -0.39 is 0 Å². The van der Waals surface area contributed by atoms with E-state index in [1.807, 2.05) is 34.0 Å². The van der Waals surface area contributed by atoms with Crippen molar-refractivity contribution in [2.75, 3.05) is 0 Å². The van der Waals surface area contributed by atoms with Crippen LogP contribution in [-0.4, -0.2) is 0 Å². The quantitative estimate of drug-likeness (QED) is 0.243. The lowest BCUT2D eigenvalue weighted by molar-refractivity contribution is 0.670. The van der Waals surface area contributed by atoms with Crippen molar-refractivity contribution in [1.29, 1.82) is 0 Å². The molecule has 3 aromatic rings. The van der Waals surface area contributed by atoms with Gasteiger partial charge >= 0.3 is 0 Å². The van der Waals surface area contributed by atoms with Gasteiger partial charge in [-0.1, -0.05) is 51.4 Å². The van der Waals surface area contributed by atoms with Gasteiger partial charge in [-0.15, -0.1) is 34.0 Å². The molecule has 0 radical (unpaired) electrons. The molecule has 0 fully saturated rings. The first-order valence-electron chi connectivity index (χ1n) is 10.1. The van der Waals surface area contributed by atoms with Crippen molar-refractivity contribution >= 4 is 34.0 Å². The minimum Gasteiger partial charge on any atom is -0.139 e. The van der Waals surface area contributed by atoms with Crippen molar-refractivity contribution in [2.45, 2.75) is 65.2 Å². The van der Waals surface area contributed by atoms with E-state index in [-0.39, 0.29) is 0 Å². The third-order valence-electron chi connectivity index (χ3n) is 4.50. The monoisotopic (exact) mass is 412 g/mol. The van der Waals surface area contributed by atoms with E-state index in [9.17, 15) is 0 Å². The van der Waals surface area contributed by atoms with Gasteiger partial charge in [0.05, 0.1) is 4.88 Å². The zero-order chi connectivity index (χ0) is 18.9. The molecule has 0 aromatic carbocycles. The minimum atomic E-state index is 1.01. The van der Waals surface area contributed by atoms with Crippen molar-refractivity contribution in [1.82, 2.24) is 0 Å². The van der Waals surface area contributed by atoms with Crippen molar-refractivity contribution in [3.8, 4) is 31.3 Å². The first-order chi connectivity index (χ1) is 13.3. The molecule has 0 saturated heterocycles. The molecule has 0 aliphatic heterocycles. The summed E-state index contributed by atoms with van der Waals surface area (Å²) in [4.78, 5) is 8.20. The molecule has 0 aliphatic rings. The van der Waals surface area contributed by atoms with Crippen LogP contribution < -0.4 is 0 Å². The number of unbranched alkanes of at least 4 members (excludes halogenated alkanes) is 5. The Morgan fingerprint density at radius 2 is 1.33 bits per heavy atom. The topological polar surface area (TPSA) is 0 Å². The van der Waals surface area contributed by atoms with Crippen LogP contribution in [0, 0.1) is 11.8 Å². The first-order valence-corrected chi connectivity index (χ1v) is 12.5. The second-order valence-corrected chi connectivity index (χ2v) is 10.1. The SMILES string of the molecule is CCCCC#Cc1ccc(-c2ccc(-c3ccc(CCCCCC)s3)s2)s1. The fraction of sp³-hybridized carbons (Fsp3) is 0.417. The molecule has 0 bridgehead atoms. The summed E-state index contributed by atoms with van der Waals surface area (Å²) >= 11 is 5.68. The average Bonchev–Trinajstić information content (AvgIpc) is 3.42. The molecule has 0 saturated carbocycles. The highest BCUT2D eigenvalue weighted by molar-refractivity contribution is 7.26. The maximum Gasteiger partial charge on any atom is 0.0775 e. The van der Waals surface area contributed by atoms with Gasteiger partial charge < -0.3 is 0 Å². The van der Waals surface area contributed by atoms with E-state index in [2.05, 4.69) is 62.1 Å². The predicted octanol–water partition coefficient (Wildman–Crippen LogP) is 8.87. The molecule has 3 heteroatoms. The summed E-state index contributed by atoms with van der Waals surface area (Å²) in [5, 5.41) is 0.